The van der Waals surface area contributed by atoms with Gasteiger partial charge in [-0.25, -0.2) is 9.18 Å². The van der Waals surface area contributed by atoms with Gasteiger partial charge in [0.25, 0.3) is 0 Å². The highest BCUT2D eigenvalue weighted by atomic mass is 19.1. The molecule has 0 spiro atoms. The number of nitrogens with zero attached hydrogens (tertiary/aromatic N) is 3. The number of rotatable bonds is 8. The van der Waals surface area contributed by atoms with Crippen LogP contribution in [0.25, 0.3) is 0 Å². The summed E-state index contributed by atoms with van der Waals surface area (Å²) in [6, 6.07) is 9.56. The number of aryl methyl sites for hydroxylation is 1. The molecule has 0 aliphatic heterocycles. The Morgan fingerprint density at radius 1 is 1.25 bits per heavy atom. The Hall–Kier alpha value is -2.83. The van der Waals surface area contributed by atoms with E-state index in [0.717, 1.165) is 25.0 Å². The standard InChI is InChI=1S/C21H27FN4O2/c1-3-11-25(21(28)23-17-7-4-6-16(22)13-17)15-20(27)26(18-9-10-18)14-19-8-5-12-24(19)2/h4-8,12-13,18H,3,9-11,14-15H2,1-2H3,(H,23,28). The molecule has 1 aromatic carbocycles. The Morgan fingerprint density at radius 3 is 2.64 bits per heavy atom. The maximum absolute atomic E-state index is 13.4. The predicted octanol–water partition coefficient (Wildman–Crippen LogP) is 3.60. The fourth-order valence-electron chi connectivity index (χ4n) is 3.19. The number of nitrogens with one attached hydrogen (secondary N) is 1. The van der Waals surface area contributed by atoms with E-state index in [2.05, 4.69) is 5.32 Å². The summed E-state index contributed by atoms with van der Waals surface area (Å²) >= 11 is 0. The van der Waals surface area contributed by atoms with E-state index in [0.29, 0.717) is 18.8 Å². The van der Waals surface area contributed by atoms with E-state index >= 15 is 0 Å². The summed E-state index contributed by atoms with van der Waals surface area (Å²) in [6.07, 6.45) is 4.69. The van der Waals surface area contributed by atoms with E-state index in [9.17, 15) is 14.0 Å². The minimum absolute atomic E-state index is 0.00983. The molecular formula is C21H27FN4O2. The van der Waals surface area contributed by atoms with E-state index in [1.54, 1.807) is 6.07 Å². The molecule has 3 amide bonds. The first-order chi connectivity index (χ1) is 13.5. The first-order valence-corrected chi connectivity index (χ1v) is 9.69. The number of halogens is 1. The predicted molar refractivity (Wildman–Crippen MR) is 106 cm³/mol. The van der Waals surface area contributed by atoms with Crippen molar-refractivity contribution in [1.82, 2.24) is 14.4 Å². The average Bonchev–Trinajstić information content (AvgIpc) is 3.41. The summed E-state index contributed by atoms with van der Waals surface area (Å²) in [5.74, 6) is -0.482. The second kappa shape index (κ2) is 8.91. The van der Waals surface area contributed by atoms with E-state index in [4.69, 9.17) is 0 Å². The highest BCUT2D eigenvalue weighted by Gasteiger charge is 2.34. The summed E-state index contributed by atoms with van der Waals surface area (Å²) in [4.78, 5) is 29.0. The van der Waals surface area contributed by atoms with Crippen molar-refractivity contribution in [2.24, 2.45) is 7.05 Å². The van der Waals surface area contributed by atoms with Gasteiger partial charge < -0.3 is 19.7 Å². The van der Waals surface area contributed by atoms with Crippen molar-refractivity contribution >= 4 is 17.6 Å². The molecule has 0 atom stereocenters. The SMILES string of the molecule is CCCN(CC(=O)N(Cc1cccn1C)C1CC1)C(=O)Nc1cccc(F)c1. The normalized spacial score (nSPS) is 13.2. The molecule has 3 rings (SSSR count). The van der Waals surface area contributed by atoms with Crippen LogP contribution in [-0.2, 0) is 18.4 Å². The second-order valence-corrected chi connectivity index (χ2v) is 7.23. The van der Waals surface area contributed by atoms with Gasteiger partial charge in [-0.05, 0) is 49.6 Å². The molecule has 7 heteroatoms. The highest BCUT2D eigenvalue weighted by molar-refractivity contribution is 5.92. The van der Waals surface area contributed by atoms with E-state index in [1.807, 2.05) is 41.8 Å². The van der Waals surface area contributed by atoms with Gasteiger partial charge in [-0.15, -0.1) is 0 Å². The smallest absolute Gasteiger partial charge is 0.322 e. The lowest BCUT2D eigenvalue weighted by atomic mass is 10.3. The van der Waals surface area contributed by atoms with Crippen LogP contribution in [0.3, 0.4) is 0 Å². The third-order valence-corrected chi connectivity index (χ3v) is 4.87. The molecule has 1 aliphatic carbocycles. The monoisotopic (exact) mass is 386 g/mol. The van der Waals surface area contributed by atoms with Gasteiger partial charge in [0, 0.05) is 37.2 Å². The molecule has 6 nitrogen and oxygen atoms in total. The molecule has 28 heavy (non-hydrogen) atoms. The number of carbonyl (C=O) groups excluding carboxylic acids is 2. The molecule has 0 saturated heterocycles. The van der Waals surface area contributed by atoms with Gasteiger partial charge in [0.2, 0.25) is 5.91 Å². The molecule has 1 aromatic heterocycles. The molecule has 1 aliphatic rings. The maximum Gasteiger partial charge on any atom is 0.322 e. The number of benzene rings is 1. The lowest BCUT2D eigenvalue weighted by Crippen LogP contribution is -2.45. The van der Waals surface area contributed by atoms with Crippen LogP contribution < -0.4 is 5.32 Å². The Balaban J connectivity index is 1.66. The molecule has 1 fully saturated rings. The lowest BCUT2D eigenvalue weighted by Gasteiger charge is -2.28. The van der Waals surface area contributed by atoms with Crippen LogP contribution in [0.1, 0.15) is 31.9 Å². The zero-order chi connectivity index (χ0) is 20.1. The number of hydrogen-bond acceptors (Lipinski definition) is 2. The molecule has 1 saturated carbocycles. The molecule has 2 aromatic rings. The van der Waals surface area contributed by atoms with Crippen LogP contribution in [0.4, 0.5) is 14.9 Å². The Morgan fingerprint density at radius 2 is 2.04 bits per heavy atom. The van der Waals surface area contributed by atoms with E-state index in [1.165, 1.54) is 23.1 Å². The van der Waals surface area contributed by atoms with Gasteiger partial charge in [-0.2, -0.15) is 0 Å². The zero-order valence-electron chi connectivity index (χ0n) is 16.4. The van der Waals surface area contributed by atoms with Crippen LogP contribution in [0, 0.1) is 5.82 Å². The third kappa shape index (κ3) is 5.12. The van der Waals surface area contributed by atoms with Gasteiger partial charge >= 0.3 is 6.03 Å². The molecule has 150 valence electrons. The van der Waals surface area contributed by atoms with Crippen LogP contribution in [0.15, 0.2) is 42.6 Å². The summed E-state index contributed by atoms with van der Waals surface area (Å²) in [7, 11) is 1.96. The Bertz CT molecular complexity index is 831. The maximum atomic E-state index is 13.4. The van der Waals surface area contributed by atoms with Gasteiger partial charge in [0.1, 0.15) is 12.4 Å². The van der Waals surface area contributed by atoms with Crippen molar-refractivity contribution < 1.29 is 14.0 Å². The topological polar surface area (TPSA) is 57.6 Å². The molecule has 0 bridgehead atoms. The Kier molecular flexibility index (Phi) is 6.34. The molecule has 0 unspecified atom stereocenters. The summed E-state index contributed by atoms with van der Waals surface area (Å²) < 4.78 is 15.4. The first kappa shape index (κ1) is 19.9. The minimum Gasteiger partial charge on any atom is -0.353 e. The second-order valence-electron chi connectivity index (χ2n) is 7.23. The first-order valence-electron chi connectivity index (χ1n) is 9.69. The van der Waals surface area contributed by atoms with Crippen LogP contribution in [0.2, 0.25) is 0 Å². The van der Waals surface area contributed by atoms with Gasteiger partial charge in [0.15, 0.2) is 0 Å². The fourth-order valence-corrected chi connectivity index (χ4v) is 3.19. The van der Waals surface area contributed by atoms with Crippen molar-refractivity contribution in [3.8, 4) is 0 Å². The molecule has 1 N–H and O–H groups in total. The number of aromatic nitrogens is 1. The van der Waals surface area contributed by atoms with E-state index in [-0.39, 0.29) is 18.5 Å². The number of urea groups is 1. The van der Waals surface area contributed by atoms with Crippen LogP contribution in [-0.4, -0.2) is 45.4 Å². The van der Waals surface area contributed by atoms with Crippen LogP contribution >= 0.6 is 0 Å². The largest absolute Gasteiger partial charge is 0.353 e. The molecular weight excluding hydrogens is 359 g/mol. The van der Waals surface area contributed by atoms with Gasteiger partial charge in [-0.1, -0.05) is 13.0 Å². The third-order valence-electron chi connectivity index (χ3n) is 4.87. The summed E-state index contributed by atoms with van der Waals surface area (Å²) in [6.45, 7) is 2.96. The highest BCUT2D eigenvalue weighted by Crippen LogP contribution is 2.28. The summed E-state index contributed by atoms with van der Waals surface area (Å²) in [5.41, 5.74) is 1.44. The van der Waals surface area contributed by atoms with Gasteiger partial charge in [0.05, 0.1) is 6.54 Å². The van der Waals surface area contributed by atoms with Crippen molar-refractivity contribution in [2.45, 2.75) is 38.8 Å². The summed E-state index contributed by atoms with van der Waals surface area (Å²) in [5, 5.41) is 2.68. The number of hydrogen-bond donors (Lipinski definition) is 1. The lowest BCUT2D eigenvalue weighted by molar-refractivity contribution is -0.133. The molecule has 1 heterocycles. The number of carbonyl (C=O) groups is 2. The average molecular weight is 386 g/mol. The number of anilines is 1. The molecule has 0 radical (unpaired) electrons. The minimum atomic E-state index is -0.418. The quantitative estimate of drug-likeness (QED) is 0.754. The van der Waals surface area contributed by atoms with Crippen molar-refractivity contribution in [2.75, 3.05) is 18.4 Å². The van der Waals surface area contributed by atoms with E-state index < -0.39 is 11.8 Å². The van der Waals surface area contributed by atoms with Crippen LogP contribution in [0.5, 0.6) is 0 Å². The van der Waals surface area contributed by atoms with Crippen molar-refractivity contribution in [3.05, 3.63) is 54.1 Å². The fraction of sp³-hybridized carbons (Fsp3) is 0.429. The van der Waals surface area contributed by atoms with Gasteiger partial charge in [-0.3, -0.25) is 4.79 Å². The Labute approximate surface area is 164 Å². The van der Waals surface area contributed by atoms with Crippen molar-refractivity contribution in [3.63, 3.8) is 0 Å². The van der Waals surface area contributed by atoms with Crippen molar-refractivity contribution in [1.29, 1.82) is 0 Å². The number of amides is 3. The zero-order valence-corrected chi connectivity index (χ0v) is 16.4.